The fourth-order valence-corrected chi connectivity index (χ4v) is 2.43. The molecule has 2 aromatic carbocycles. The van der Waals surface area contributed by atoms with Gasteiger partial charge in [0.2, 0.25) is 0 Å². The van der Waals surface area contributed by atoms with Crippen molar-refractivity contribution in [1.82, 2.24) is 0 Å². The van der Waals surface area contributed by atoms with Crippen molar-refractivity contribution in [3.8, 4) is 5.75 Å². The summed E-state index contributed by atoms with van der Waals surface area (Å²) in [5, 5.41) is 18.0. The Morgan fingerprint density at radius 3 is 2.22 bits per heavy atom. The van der Waals surface area contributed by atoms with Gasteiger partial charge < -0.3 is 5.11 Å². The van der Waals surface area contributed by atoms with Crippen LogP contribution in [-0.4, -0.2) is 18.1 Å². The maximum atomic E-state index is 11.0. The minimum Gasteiger partial charge on any atom is -0.507 e. The van der Waals surface area contributed by atoms with Gasteiger partial charge in [-0.2, -0.15) is 18.6 Å². The summed E-state index contributed by atoms with van der Waals surface area (Å²) in [4.78, 5) is -0.202. The highest BCUT2D eigenvalue weighted by Crippen LogP contribution is 2.30. The van der Waals surface area contributed by atoms with Crippen molar-refractivity contribution < 1.29 is 18.1 Å². The third-order valence-electron chi connectivity index (χ3n) is 3.08. The van der Waals surface area contributed by atoms with Crippen molar-refractivity contribution in [3.05, 3.63) is 53.6 Å². The Kier molecular flexibility index (Phi) is 4.92. The molecule has 0 radical (unpaired) electrons. The van der Waals surface area contributed by atoms with E-state index < -0.39 is 10.1 Å². The Balaban J connectivity index is 2.30. The molecule has 0 unspecified atom stereocenters. The van der Waals surface area contributed by atoms with Gasteiger partial charge in [0.05, 0.1) is 16.3 Å². The molecule has 0 fully saturated rings. The van der Waals surface area contributed by atoms with E-state index in [-0.39, 0.29) is 10.6 Å². The monoisotopic (exact) mass is 332 g/mol. The number of hydrogen-bond donors (Lipinski definition) is 2. The molecular weight excluding hydrogens is 316 g/mol. The molecule has 23 heavy (non-hydrogen) atoms. The van der Waals surface area contributed by atoms with Crippen LogP contribution in [-0.2, 0) is 10.1 Å². The third kappa shape index (κ3) is 4.24. The average Bonchev–Trinajstić information content (AvgIpc) is 2.49. The van der Waals surface area contributed by atoms with Gasteiger partial charge in [0.25, 0.3) is 10.1 Å². The fraction of sp³-hybridized carbons (Fsp3) is 0.125. The van der Waals surface area contributed by atoms with Crippen LogP contribution in [0.15, 0.2) is 57.6 Å². The van der Waals surface area contributed by atoms with Crippen LogP contribution in [0.2, 0.25) is 0 Å². The quantitative estimate of drug-likeness (QED) is 0.640. The van der Waals surface area contributed by atoms with Crippen LogP contribution in [0.3, 0.4) is 0 Å². The predicted molar refractivity (Wildman–Crippen MR) is 88.0 cm³/mol. The first-order valence-electron chi connectivity index (χ1n) is 6.77. The van der Waals surface area contributed by atoms with Crippen molar-refractivity contribution in [1.29, 1.82) is 0 Å². The molecule has 0 bridgehead atoms. The van der Waals surface area contributed by atoms with Gasteiger partial charge >= 0.3 is 0 Å². The van der Waals surface area contributed by atoms with Crippen LogP contribution in [0.1, 0.15) is 18.1 Å². The van der Waals surface area contributed by atoms with E-state index in [9.17, 15) is 13.5 Å². The van der Waals surface area contributed by atoms with Gasteiger partial charge in [-0.3, -0.25) is 4.55 Å². The summed E-state index contributed by atoms with van der Waals surface area (Å²) in [6.45, 7) is 3.61. The summed E-state index contributed by atoms with van der Waals surface area (Å²) < 4.78 is 30.8. The first kappa shape index (κ1) is 16.9. The largest absolute Gasteiger partial charge is 0.507 e. The number of rotatable bonds is 4. The number of nitrogens with zero attached hydrogens (tertiary/aromatic N) is 2. The number of phenols is 1. The van der Waals surface area contributed by atoms with Crippen molar-refractivity contribution in [2.24, 2.45) is 10.2 Å². The lowest BCUT2D eigenvalue weighted by Gasteiger charge is -2.04. The molecule has 0 aliphatic carbocycles. The normalized spacial score (nSPS) is 12.3. The molecule has 2 aromatic rings. The van der Waals surface area contributed by atoms with Gasteiger partial charge in [-0.15, -0.1) is 0 Å². The summed E-state index contributed by atoms with van der Waals surface area (Å²) in [6, 6.07) is 8.75. The first-order chi connectivity index (χ1) is 10.8. The maximum Gasteiger partial charge on any atom is 0.294 e. The van der Waals surface area contributed by atoms with Crippen LogP contribution < -0.4 is 0 Å². The summed E-state index contributed by atoms with van der Waals surface area (Å²) in [7, 11) is -4.22. The number of hydrogen-bond acceptors (Lipinski definition) is 5. The smallest absolute Gasteiger partial charge is 0.294 e. The lowest BCUT2D eigenvalue weighted by molar-refractivity contribution is 0.470. The lowest BCUT2D eigenvalue weighted by atomic mass is 10.1. The molecule has 0 aliphatic rings. The fourth-order valence-electron chi connectivity index (χ4n) is 1.95. The van der Waals surface area contributed by atoms with E-state index in [0.717, 1.165) is 0 Å². The molecular formula is C16H16N2O4S. The molecule has 0 aromatic heterocycles. The Morgan fingerprint density at radius 1 is 1.04 bits per heavy atom. The van der Waals surface area contributed by atoms with Crippen molar-refractivity contribution in [2.45, 2.75) is 18.7 Å². The second-order valence-electron chi connectivity index (χ2n) is 4.87. The number of allylic oxidation sites excluding steroid dienone is 1. The number of benzene rings is 2. The Labute approximate surface area is 134 Å². The predicted octanol–water partition coefficient (Wildman–Crippen LogP) is 4.40. The van der Waals surface area contributed by atoms with Crippen molar-refractivity contribution >= 4 is 27.6 Å². The topological polar surface area (TPSA) is 99.3 Å². The van der Waals surface area contributed by atoms with Crippen LogP contribution in [0.4, 0.5) is 11.4 Å². The van der Waals surface area contributed by atoms with Gasteiger partial charge in [-0.05, 0) is 55.8 Å². The molecule has 2 rings (SSSR count). The van der Waals surface area contributed by atoms with Crippen molar-refractivity contribution in [3.63, 3.8) is 0 Å². The van der Waals surface area contributed by atoms with Crippen LogP contribution in [0.25, 0.3) is 6.08 Å². The number of azo groups is 1. The third-order valence-corrected chi connectivity index (χ3v) is 3.94. The maximum absolute atomic E-state index is 11.0. The van der Waals surface area contributed by atoms with Crippen molar-refractivity contribution in [2.75, 3.05) is 0 Å². The molecule has 0 saturated heterocycles. The van der Waals surface area contributed by atoms with Crippen LogP contribution in [0.5, 0.6) is 5.75 Å². The molecule has 2 N–H and O–H groups in total. The van der Waals surface area contributed by atoms with Gasteiger partial charge in [0.15, 0.2) is 0 Å². The zero-order valence-corrected chi connectivity index (χ0v) is 13.4. The second kappa shape index (κ2) is 6.72. The standard InChI is InChI=1S/C16H16N2O4S/c1-3-4-12-10-14(9-11(2)16(12)19)18-17-13-5-7-15(8-6-13)23(20,21)22/h3-10,19H,1-2H3,(H,20,21,22). The Morgan fingerprint density at radius 2 is 1.65 bits per heavy atom. The highest BCUT2D eigenvalue weighted by atomic mass is 32.2. The molecule has 120 valence electrons. The zero-order chi connectivity index (χ0) is 17.0. The summed E-state index contributed by atoms with van der Waals surface area (Å²) in [5.41, 5.74) is 2.32. The summed E-state index contributed by atoms with van der Waals surface area (Å²) >= 11 is 0. The van der Waals surface area contributed by atoms with Gasteiger partial charge in [-0.1, -0.05) is 12.2 Å². The van der Waals surface area contributed by atoms with E-state index in [1.807, 2.05) is 13.0 Å². The van der Waals surface area contributed by atoms with Gasteiger partial charge in [-0.25, -0.2) is 0 Å². The molecule has 0 aliphatic heterocycles. The Hall–Kier alpha value is -2.51. The molecule has 0 spiro atoms. The minimum atomic E-state index is -4.22. The van der Waals surface area contributed by atoms with Crippen LogP contribution in [0, 0.1) is 6.92 Å². The van der Waals surface area contributed by atoms with E-state index in [2.05, 4.69) is 10.2 Å². The molecule has 7 heteroatoms. The van der Waals surface area contributed by atoms with Gasteiger partial charge in [0, 0.05) is 5.56 Å². The number of phenolic OH excluding ortho intramolecular Hbond substituents is 1. The zero-order valence-electron chi connectivity index (χ0n) is 12.6. The average molecular weight is 332 g/mol. The highest BCUT2D eigenvalue weighted by Gasteiger charge is 2.08. The number of aryl methyl sites for hydroxylation is 1. The lowest BCUT2D eigenvalue weighted by Crippen LogP contribution is -1.96. The van der Waals surface area contributed by atoms with E-state index in [1.165, 1.54) is 24.3 Å². The van der Waals surface area contributed by atoms with E-state index in [0.29, 0.717) is 22.5 Å². The SMILES string of the molecule is CC=Cc1cc(N=Nc2ccc(S(=O)(=O)O)cc2)cc(C)c1O. The molecule has 0 atom stereocenters. The van der Waals surface area contributed by atoms with E-state index in [1.54, 1.807) is 25.1 Å². The second-order valence-corrected chi connectivity index (χ2v) is 6.29. The summed E-state index contributed by atoms with van der Waals surface area (Å²) in [5.74, 6) is 0.194. The molecule has 0 heterocycles. The van der Waals surface area contributed by atoms with E-state index >= 15 is 0 Å². The highest BCUT2D eigenvalue weighted by molar-refractivity contribution is 7.85. The first-order valence-corrected chi connectivity index (χ1v) is 8.21. The van der Waals surface area contributed by atoms with Gasteiger partial charge in [0.1, 0.15) is 5.75 Å². The van der Waals surface area contributed by atoms with Crippen LogP contribution >= 0.6 is 0 Å². The Bertz CT molecular complexity index is 870. The minimum absolute atomic E-state index is 0.194. The molecule has 0 saturated carbocycles. The molecule has 6 nitrogen and oxygen atoms in total. The number of aromatic hydroxyl groups is 1. The molecule has 0 amide bonds. The summed E-state index contributed by atoms with van der Waals surface area (Å²) in [6.07, 6.45) is 3.58. The van der Waals surface area contributed by atoms with E-state index in [4.69, 9.17) is 4.55 Å².